The van der Waals surface area contributed by atoms with Crippen LogP contribution < -0.4 is 18.9 Å². The highest BCUT2D eigenvalue weighted by atomic mass is 16.7. The molecule has 0 spiro atoms. The Bertz CT molecular complexity index is 1400. The fourth-order valence-corrected chi connectivity index (χ4v) is 7.72. The summed E-state index contributed by atoms with van der Waals surface area (Å²) in [6, 6.07) is 4.85. The van der Waals surface area contributed by atoms with Crippen molar-refractivity contribution < 1.29 is 23.7 Å². The molecule has 0 saturated carbocycles. The number of nitrogens with zero attached hydrogens (tertiary/aromatic N) is 3. The molecular formula is C32H39N3O5. The average molecular weight is 546 g/mol. The van der Waals surface area contributed by atoms with Crippen LogP contribution in [0.1, 0.15) is 64.4 Å². The average Bonchev–Trinajstić information content (AvgIpc) is 3.44. The summed E-state index contributed by atoms with van der Waals surface area (Å²) in [5, 5.41) is 10.7. The molecule has 5 atom stereocenters. The Morgan fingerprint density at radius 2 is 1.85 bits per heavy atom. The minimum absolute atomic E-state index is 0.0179. The van der Waals surface area contributed by atoms with Gasteiger partial charge in [0, 0.05) is 47.5 Å². The third-order valence-electron chi connectivity index (χ3n) is 9.46. The lowest BCUT2D eigenvalue weighted by atomic mass is 9.71. The second-order valence-corrected chi connectivity index (χ2v) is 11.4. The molecule has 0 aliphatic carbocycles. The van der Waals surface area contributed by atoms with E-state index in [0.717, 1.165) is 58.1 Å². The maximum Gasteiger partial charge on any atom is 0.231 e. The summed E-state index contributed by atoms with van der Waals surface area (Å²) < 4.78 is 30.1. The molecule has 2 unspecified atom stereocenters. The minimum Gasteiger partial charge on any atom is -0.489 e. The van der Waals surface area contributed by atoms with E-state index in [1.54, 1.807) is 13.2 Å². The zero-order chi connectivity index (χ0) is 28.3. The molecule has 40 heavy (non-hydrogen) atoms. The quantitative estimate of drug-likeness (QED) is 0.353. The second-order valence-electron chi connectivity index (χ2n) is 11.4. The maximum absolute atomic E-state index is 10.7. The molecule has 0 aromatic heterocycles. The summed E-state index contributed by atoms with van der Waals surface area (Å²) in [5.74, 6) is 3.32. The molecule has 8 nitrogen and oxygen atoms in total. The molecule has 1 saturated heterocycles. The van der Waals surface area contributed by atoms with Crippen molar-refractivity contribution in [3.63, 3.8) is 0 Å². The van der Waals surface area contributed by atoms with Crippen LogP contribution in [0.15, 0.2) is 18.7 Å². The number of nitriles is 1. The topological polar surface area (TPSA) is 76.4 Å². The fraction of sp³-hybridized carbons (Fsp3) is 0.531. The summed E-state index contributed by atoms with van der Waals surface area (Å²) in [6.45, 7) is 13.2. The van der Waals surface area contributed by atoms with E-state index in [2.05, 4.69) is 56.3 Å². The van der Waals surface area contributed by atoms with Gasteiger partial charge in [-0.05, 0) is 63.8 Å². The summed E-state index contributed by atoms with van der Waals surface area (Å²) in [6.07, 6.45) is 4.11. The van der Waals surface area contributed by atoms with Crippen LogP contribution >= 0.6 is 0 Å². The van der Waals surface area contributed by atoms with Crippen molar-refractivity contribution in [2.75, 3.05) is 34.4 Å². The number of aryl methyl sites for hydroxylation is 1. The van der Waals surface area contributed by atoms with Gasteiger partial charge >= 0.3 is 0 Å². The van der Waals surface area contributed by atoms with E-state index in [1.807, 2.05) is 6.92 Å². The van der Waals surface area contributed by atoms with Gasteiger partial charge in [0.2, 0.25) is 6.79 Å². The molecule has 8 heteroatoms. The predicted octanol–water partition coefficient (Wildman–Crippen LogP) is 5.07. The summed E-state index contributed by atoms with van der Waals surface area (Å²) in [4.78, 5) is 4.90. The highest BCUT2D eigenvalue weighted by Crippen LogP contribution is 2.58. The monoisotopic (exact) mass is 545 g/mol. The Kier molecular flexibility index (Phi) is 6.94. The molecule has 4 heterocycles. The molecule has 1 fully saturated rings. The molecule has 2 bridgehead atoms. The first-order chi connectivity index (χ1) is 19.4. The summed E-state index contributed by atoms with van der Waals surface area (Å²) >= 11 is 0. The first kappa shape index (κ1) is 26.9. The van der Waals surface area contributed by atoms with Gasteiger partial charge in [-0.15, -0.1) is 0 Å². The molecular weight excluding hydrogens is 506 g/mol. The van der Waals surface area contributed by atoms with Crippen LogP contribution in [-0.4, -0.2) is 62.3 Å². The number of rotatable bonds is 7. The Morgan fingerprint density at radius 1 is 1.07 bits per heavy atom. The van der Waals surface area contributed by atoms with Crippen LogP contribution in [0.5, 0.6) is 23.0 Å². The minimum atomic E-state index is -0.278. The van der Waals surface area contributed by atoms with Crippen molar-refractivity contribution in [3.05, 3.63) is 57.7 Å². The van der Waals surface area contributed by atoms with Crippen molar-refractivity contribution in [2.24, 2.45) is 0 Å². The van der Waals surface area contributed by atoms with Crippen LogP contribution in [0.4, 0.5) is 0 Å². The van der Waals surface area contributed by atoms with Gasteiger partial charge in [-0.25, -0.2) is 0 Å². The first-order valence-corrected chi connectivity index (χ1v) is 14.2. The molecule has 0 N–H and O–H groups in total. The van der Waals surface area contributed by atoms with Gasteiger partial charge in [-0.1, -0.05) is 25.6 Å². The van der Waals surface area contributed by atoms with E-state index < -0.39 is 0 Å². The largest absolute Gasteiger partial charge is 0.489 e. The lowest BCUT2D eigenvalue weighted by molar-refractivity contribution is -0.0744. The van der Waals surface area contributed by atoms with Crippen molar-refractivity contribution in [1.29, 1.82) is 5.26 Å². The zero-order valence-electron chi connectivity index (χ0n) is 24.4. The molecule has 4 aliphatic heterocycles. The van der Waals surface area contributed by atoms with E-state index in [4.69, 9.17) is 23.7 Å². The Labute approximate surface area is 237 Å². The normalized spacial score (nSPS) is 26.4. The Morgan fingerprint density at radius 3 is 2.55 bits per heavy atom. The smallest absolute Gasteiger partial charge is 0.231 e. The van der Waals surface area contributed by atoms with Gasteiger partial charge < -0.3 is 23.7 Å². The SMILES string of the molecule is C=CCOc1c(C)c2c(c3c1CC1[C@H]4c5c(cc(C)c(C)c5OCOC)C[C@H](C(C#N)N1[C@H]3CC)N4C)OCO2. The van der Waals surface area contributed by atoms with Gasteiger partial charge in [-0.3, -0.25) is 9.80 Å². The van der Waals surface area contributed by atoms with Crippen molar-refractivity contribution in [2.45, 2.75) is 77.2 Å². The number of fused-ring (bicyclic) bond motifs is 9. The van der Waals surface area contributed by atoms with Crippen molar-refractivity contribution in [1.82, 2.24) is 9.80 Å². The van der Waals surface area contributed by atoms with Crippen LogP contribution in [0, 0.1) is 32.1 Å². The number of benzene rings is 2. The molecule has 2 aromatic rings. The third-order valence-corrected chi connectivity index (χ3v) is 9.46. The molecule has 2 aromatic carbocycles. The molecule has 6 rings (SSSR count). The molecule has 0 radical (unpaired) electrons. The van der Waals surface area contributed by atoms with E-state index in [-0.39, 0.29) is 43.8 Å². The van der Waals surface area contributed by atoms with Gasteiger partial charge in [0.15, 0.2) is 18.3 Å². The predicted molar refractivity (Wildman–Crippen MR) is 151 cm³/mol. The fourth-order valence-electron chi connectivity index (χ4n) is 7.72. The third kappa shape index (κ3) is 3.75. The number of likely N-dealkylation sites (N-methyl/N-ethyl adjacent to an activating group) is 1. The lowest BCUT2D eigenvalue weighted by Gasteiger charge is -2.60. The summed E-state index contributed by atoms with van der Waals surface area (Å²) in [5.41, 5.74) is 8.02. The van der Waals surface area contributed by atoms with E-state index in [1.165, 1.54) is 16.7 Å². The van der Waals surface area contributed by atoms with Crippen LogP contribution in [0.3, 0.4) is 0 Å². The Hall–Kier alpha value is -3.25. The van der Waals surface area contributed by atoms with Crippen LogP contribution in [0.25, 0.3) is 0 Å². The highest BCUT2D eigenvalue weighted by Gasteiger charge is 2.56. The van der Waals surface area contributed by atoms with Gasteiger partial charge in [0.05, 0.1) is 12.1 Å². The molecule has 212 valence electrons. The lowest BCUT2D eigenvalue weighted by Crippen LogP contribution is -2.68. The molecule has 0 amide bonds. The van der Waals surface area contributed by atoms with E-state index >= 15 is 0 Å². The van der Waals surface area contributed by atoms with Crippen LogP contribution in [-0.2, 0) is 17.6 Å². The maximum atomic E-state index is 10.7. The van der Waals surface area contributed by atoms with E-state index in [0.29, 0.717) is 13.0 Å². The Balaban J connectivity index is 1.59. The number of ether oxygens (including phenoxy) is 5. The van der Waals surface area contributed by atoms with Crippen LogP contribution in [0.2, 0.25) is 0 Å². The van der Waals surface area contributed by atoms with Gasteiger partial charge in [0.25, 0.3) is 0 Å². The number of hydrogen-bond acceptors (Lipinski definition) is 8. The number of piperazine rings is 1. The van der Waals surface area contributed by atoms with Crippen molar-refractivity contribution >= 4 is 0 Å². The first-order valence-electron chi connectivity index (χ1n) is 14.2. The van der Waals surface area contributed by atoms with E-state index in [9.17, 15) is 5.26 Å². The standard InChI is InChI=1S/C32H39N3O5/c1-8-10-37-29-19(5)31-32(40-16-39-31)27-21(29)13-24-28-26-20(11-17(3)18(4)30(26)38-15-36-7)12-23(34(28)6)25(14-33)35(24)22(27)9-2/h8,11,22-25,28H,1,9-10,12-13,15-16H2,2-7H3/t22-,23+,24?,25?,28-/m0/s1. The molecule has 4 aliphatic rings. The zero-order valence-corrected chi connectivity index (χ0v) is 24.4. The van der Waals surface area contributed by atoms with Gasteiger partial charge in [0.1, 0.15) is 24.1 Å². The number of methoxy groups -OCH3 is 1. The highest BCUT2D eigenvalue weighted by molar-refractivity contribution is 5.66. The summed E-state index contributed by atoms with van der Waals surface area (Å²) in [7, 11) is 3.83. The van der Waals surface area contributed by atoms with Gasteiger partial charge in [-0.2, -0.15) is 5.26 Å². The van der Waals surface area contributed by atoms with Crippen molar-refractivity contribution in [3.8, 4) is 29.1 Å². The number of hydrogen-bond donors (Lipinski definition) is 0. The second kappa shape index (κ2) is 10.3.